The number of nitrogens with one attached hydrogen (secondary N) is 5. The fourth-order valence-corrected chi connectivity index (χ4v) is 25.1. The fourth-order valence-electron chi connectivity index (χ4n) is 18.0. The van der Waals surface area contributed by atoms with Crippen molar-refractivity contribution in [3.63, 3.8) is 0 Å². The van der Waals surface area contributed by atoms with Crippen molar-refractivity contribution in [2.24, 2.45) is 17.2 Å². The van der Waals surface area contributed by atoms with Crippen LogP contribution in [0.25, 0.3) is 94.6 Å². The molecule has 0 atom stereocenters. The minimum Gasteiger partial charge on any atom is -0.465 e. The Morgan fingerprint density at radius 3 is 1.15 bits per heavy atom. The predicted octanol–water partition coefficient (Wildman–Crippen LogP) is 23.9. The first-order chi connectivity index (χ1) is 68.8. The van der Waals surface area contributed by atoms with Gasteiger partial charge in [-0.25, -0.2) is 54.8 Å². The number of anilines is 4. The van der Waals surface area contributed by atoms with Gasteiger partial charge in [-0.15, -0.1) is 68.0 Å². The molecule has 14 N–H and O–H groups in total. The van der Waals surface area contributed by atoms with E-state index < -0.39 is 12.3 Å². The van der Waals surface area contributed by atoms with Crippen LogP contribution in [0.2, 0.25) is 5.15 Å². The number of thiophene rings is 6. The molecule has 0 aliphatic heterocycles. The number of para-hydroxylation sites is 2. The van der Waals surface area contributed by atoms with Gasteiger partial charge in [0.25, 0.3) is 5.56 Å². The molecule has 2 aromatic carbocycles. The quantitative estimate of drug-likeness (QED) is 0.0203. The molecule has 5 fully saturated rings. The highest BCUT2D eigenvalue weighted by atomic mass is 79.9. The number of rotatable bonds is 19. The Morgan fingerprint density at radius 1 is 0.427 bits per heavy atom. The Hall–Kier alpha value is -7.67. The number of fused-ring (bicyclic) bond motifs is 8. The second-order valence-corrected chi connectivity index (χ2v) is 51.0. The first kappa shape index (κ1) is 114. The number of aromatic amines is 1. The van der Waals surface area contributed by atoms with Crippen LogP contribution in [-0.2, 0) is 43.1 Å². The Morgan fingerprint density at radius 2 is 0.762 bits per heavy atom. The third-order valence-corrected chi connectivity index (χ3v) is 34.8. The van der Waals surface area contributed by atoms with Gasteiger partial charge in [-0.05, 0) is 307 Å². The molecular weight excluding hydrogens is 2090 g/mol. The molecule has 0 saturated heterocycles. The number of aliphatic hydroxyl groups is 1. The number of hydrogen-bond donors (Lipinski definition) is 11. The molecule has 0 spiro atoms. The van der Waals surface area contributed by atoms with Gasteiger partial charge in [-0.3, -0.25) is 9.36 Å². The highest BCUT2D eigenvalue weighted by Crippen LogP contribution is 2.61. The number of aryl methyl sites for hydroxylation is 6. The van der Waals surface area contributed by atoms with Crippen LogP contribution in [0.3, 0.4) is 0 Å². The number of hydrogen-bond acceptors (Lipinski definition) is 34. The maximum Gasteiger partial charge on any atom is 0.526 e. The summed E-state index contributed by atoms with van der Waals surface area (Å²) >= 11 is 33.8. The minimum atomic E-state index is -3.22. The monoisotopic (exact) mass is 2220 g/mol. The van der Waals surface area contributed by atoms with Crippen LogP contribution in [-0.4, -0.2) is 207 Å². The predicted molar refractivity (Wildman–Crippen MR) is 609 cm³/mol. The zero-order valence-electron chi connectivity index (χ0n) is 83.5. The fraction of sp³-hybridized carbons (Fsp3) is 0.485. The summed E-state index contributed by atoms with van der Waals surface area (Å²) in [4.78, 5) is 82.8. The van der Waals surface area contributed by atoms with Crippen molar-refractivity contribution >= 4 is 254 Å². The van der Waals surface area contributed by atoms with E-state index in [1.807, 2.05) is 42.5 Å². The standard InChI is InChI=1S/C24H28N4OS.C16H23BrN4S.C16H24N4S.C14H20N4S.C8H7BO3.C8H7ClN2S.C8H8N2OS.C6H14N2.CH4O.Cl3OP/c1-4-20-21(19-13-15-7-5-6-8-18(15)29-19)22-23(25-14-26-24(22)30-20)27-16-9-11-17(12-10-16)28(2)3;1-4-12-14(17)13-15(18-9-19-16(13)22-12)20-10-5-7-11(8-6-10)21(2)3;1-4-13-9-14-15(17-10-18-16(14)21-13)19-11-5-7-12(8-6-11)20(2)3;1-2-11-7-12-13(16-8-17-14(12)19-11)18-10-5-3-9(15)4-6-10;10-9(11)8-5-6-3-1-2-4-7(6)12-8;1-2-5-3-6-7(9)10-4-11-8(6)12-5;1-2-5-3-6-7(11)9-4-10-8(6)12-5;7-5-1-2-6(8)4-3-5;1-2;1-5(2,3)4/h5-8,13-14,16-17H,4,9-12H2,1-3H3,(H,25,26,27);9-11H,4-8H2,1-3H3,(H,18,19,20);9-12H,4-8H2,1-3H3,(H,17,18,19);7-10H,2-6,15H2,1H3,(H,16,17,18);1-5,10-11H;3-4H,2H2,1H3;3-4H,2H2,1H3,(H,9,10,11);5-6H,1-4,7-8H2;2H,1H3;. The Bertz CT molecular complexity index is 6670. The van der Waals surface area contributed by atoms with Crippen molar-refractivity contribution in [3.05, 3.63) is 172 Å². The van der Waals surface area contributed by atoms with E-state index in [1.54, 1.807) is 105 Å². The molecule has 29 nitrogen and oxygen atoms in total. The molecule has 5 aliphatic carbocycles. The van der Waals surface area contributed by atoms with Crippen LogP contribution in [0, 0.1) is 0 Å². The molecule has 16 aromatic rings. The lowest BCUT2D eigenvalue weighted by Gasteiger charge is -2.33. The molecule has 21 rings (SSSR count). The summed E-state index contributed by atoms with van der Waals surface area (Å²) in [6, 6.07) is 33.1. The topological polar surface area (TPSA) is 415 Å². The summed E-state index contributed by atoms with van der Waals surface area (Å²) in [6.07, 6.45) is 39.4. The first-order valence-electron chi connectivity index (χ1n) is 49.1. The maximum absolute atomic E-state index is 11.2. The zero-order chi connectivity index (χ0) is 103. The molecule has 143 heavy (non-hydrogen) atoms. The van der Waals surface area contributed by atoms with E-state index in [4.69, 9.17) is 52.8 Å². The molecule has 42 heteroatoms. The summed E-state index contributed by atoms with van der Waals surface area (Å²) in [6.45, 7) is 12.9. The lowest BCUT2D eigenvalue weighted by atomic mass is 9.88. The molecule has 0 unspecified atom stereocenters. The lowest BCUT2D eigenvalue weighted by molar-refractivity contribution is 0.221. The van der Waals surface area contributed by atoms with Gasteiger partial charge in [-0.1, -0.05) is 89.5 Å². The minimum absolute atomic E-state index is 0.0454. The van der Waals surface area contributed by atoms with E-state index in [-0.39, 0.29) is 11.2 Å². The third kappa shape index (κ3) is 32.7. The van der Waals surface area contributed by atoms with Crippen molar-refractivity contribution in [2.75, 3.05) is 70.7 Å². The van der Waals surface area contributed by atoms with Gasteiger partial charge in [0, 0.05) is 123 Å². The van der Waals surface area contributed by atoms with Crippen molar-refractivity contribution in [1.82, 2.24) is 74.5 Å². The second-order valence-electron chi connectivity index (χ2n) is 36.6. The number of aromatic nitrogens is 12. The van der Waals surface area contributed by atoms with Crippen LogP contribution in [0.4, 0.5) is 23.3 Å². The van der Waals surface area contributed by atoms with Gasteiger partial charge in [-0.2, -0.15) is 0 Å². The van der Waals surface area contributed by atoms with Gasteiger partial charge in [0.15, 0.2) is 0 Å². The number of aliphatic hydroxyl groups excluding tert-OH is 1. The lowest BCUT2D eigenvalue weighted by Crippen LogP contribution is -2.36. The normalized spacial score (nSPS) is 19.5. The number of nitrogens with two attached hydrogens (primary N) is 3. The molecule has 770 valence electrons. The number of benzene rings is 2. The van der Waals surface area contributed by atoms with Gasteiger partial charge >= 0.3 is 12.3 Å². The summed E-state index contributed by atoms with van der Waals surface area (Å²) < 4.78 is 22.1. The average Bonchev–Trinajstić information content (AvgIpc) is 1.60. The molecule has 5 aliphatic rings. The van der Waals surface area contributed by atoms with E-state index in [0.717, 1.165) is 205 Å². The molecular formula is C101H135BBrCl4N22O7PS6. The third-order valence-electron chi connectivity index (χ3n) is 26.2. The van der Waals surface area contributed by atoms with Crippen molar-refractivity contribution in [3.8, 4) is 11.3 Å². The highest BCUT2D eigenvalue weighted by molar-refractivity contribution is 9.10. The SMILES string of the molecule is CCc1cc2c(=O)[nH]cnc2s1.CCc1cc2c(Cl)ncnc2s1.CCc1cc2c(NC3CCC(N(C)C)CC3)ncnc2s1.CCc1cc2c(NC3CCC(N)CC3)ncnc2s1.CCc1sc2ncnc(NC3CCC(N(C)C)CC3)c2c1-c1cc2ccccc2o1.CCc1sc2ncnc(NC3CCC(N(C)C)CC3)c2c1Br.CO.NC1CCC(N)CC1.O=P(Cl)(Cl)Cl.OB(O)c1cc2ccccc2o1. The first-order valence-corrected chi connectivity index (χ1v) is 59.6. The number of furan rings is 2. The molecule has 0 bridgehead atoms. The molecule has 0 radical (unpaired) electrons. The van der Waals surface area contributed by atoms with Crippen LogP contribution < -0.4 is 49.7 Å². The van der Waals surface area contributed by atoms with E-state index in [0.29, 0.717) is 64.5 Å². The van der Waals surface area contributed by atoms with Crippen LogP contribution in [0.5, 0.6) is 0 Å². The van der Waals surface area contributed by atoms with Crippen LogP contribution in [0.15, 0.2) is 141 Å². The van der Waals surface area contributed by atoms with Crippen LogP contribution >= 0.6 is 134 Å². The van der Waals surface area contributed by atoms with Crippen LogP contribution in [0.1, 0.15) is 199 Å². The van der Waals surface area contributed by atoms with Gasteiger partial charge in [0.05, 0.1) is 33.3 Å². The number of halogens is 5. The second kappa shape index (κ2) is 56.1. The molecule has 14 aromatic heterocycles. The maximum atomic E-state index is 11.2. The van der Waals surface area contributed by atoms with Crippen molar-refractivity contribution in [1.29, 1.82) is 0 Å². The van der Waals surface area contributed by atoms with E-state index in [1.165, 1.54) is 134 Å². The summed E-state index contributed by atoms with van der Waals surface area (Å²) in [5.74, 6) is 4.85. The molecule has 0 amide bonds. The largest absolute Gasteiger partial charge is 0.526 e. The van der Waals surface area contributed by atoms with Crippen molar-refractivity contribution in [2.45, 2.75) is 269 Å². The van der Waals surface area contributed by atoms with E-state index in [2.05, 4.69) is 260 Å². The zero-order valence-corrected chi connectivity index (χ0v) is 93.9. The smallest absolute Gasteiger partial charge is 0.465 e. The Balaban J connectivity index is 0.000000148. The Kier molecular flexibility index (Phi) is 44.7. The number of nitrogens with zero attached hydrogens (tertiary/aromatic N) is 14. The van der Waals surface area contributed by atoms with Crippen molar-refractivity contribution < 1.29 is 28.6 Å². The summed E-state index contributed by atoms with van der Waals surface area (Å²) in [7, 11) is 12.6. The van der Waals surface area contributed by atoms with Gasteiger partial charge in [0.1, 0.15) is 112 Å². The highest BCUT2D eigenvalue weighted by Gasteiger charge is 2.30. The Labute approximate surface area is 889 Å². The number of H-pyrrole nitrogens is 1. The molecule has 5 saturated carbocycles. The summed E-state index contributed by atoms with van der Waals surface area (Å²) in [5, 5.41) is 44.9. The summed E-state index contributed by atoms with van der Waals surface area (Å²) in [5.41, 5.74) is 20.1. The molecule has 14 heterocycles. The van der Waals surface area contributed by atoms with Gasteiger partial charge in [0.2, 0.25) is 0 Å². The van der Waals surface area contributed by atoms with Gasteiger partial charge < -0.3 is 82.1 Å². The van der Waals surface area contributed by atoms with E-state index >= 15 is 0 Å². The average molecular weight is 2230 g/mol. The van der Waals surface area contributed by atoms with E-state index in [9.17, 15) is 9.36 Å².